The highest BCUT2D eigenvalue weighted by Crippen LogP contribution is 2.39. The number of rotatable bonds is 9. The molecule has 1 heterocycles. The van der Waals surface area contributed by atoms with Gasteiger partial charge in [0.25, 0.3) is 11.7 Å². The molecule has 3 rings (SSSR count). The molecule has 6 nitrogen and oxygen atoms in total. The quantitative estimate of drug-likeness (QED) is 0.168. The van der Waals surface area contributed by atoms with Gasteiger partial charge in [0.05, 0.1) is 18.2 Å². The zero-order valence-corrected chi connectivity index (χ0v) is 19.8. The molecular formula is C24H26INO5. The number of aliphatic hydroxyl groups excluding tert-OH is 1. The summed E-state index contributed by atoms with van der Waals surface area (Å²) in [5.41, 5.74) is 1.31. The number of hydrogen-bond donors (Lipinski definition) is 1. The third-order valence-corrected chi connectivity index (χ3v) is 5.77. The van der Waals surface area contributed by atoms with Crippen LogP contribution in [0.15, 0.2) is 54.1 Å². The molecule has 0 aliphatic carbocycles. The van der Waals surface area contributed by atoms with Crippen LogP contribution in [0.25, 0.3) is 5.76 Å². The number of halogens is 1. The van der Waals surface area contributed by atoms with Crippen molar-refractivity contribution in [3.63, 3.8) is 0 Å². The van der Waals surface area contributed by atoms with Gasteiger partial charge in [-0.05, 0) is 65.3 Å². The van der Waals surface area contributed by atoms with Gasteiger partial charge in [0, 0.05) is 29.4 Å². The van der Waals surface area contributed by atoms with E-state index in [4.69, 9.17) is 9.47 Å². The van der Waals surface area contributed by atoms with Crippen LogP contribution in [0.5, 0.6) is 5.75 Å². The van der Waals surface area contributed by atoms with Gasteiger partial charge >= 0.3 is 0 Å². The van der Waals surface area contributed by atoms with E-state index in [1.807, 2.05) is 31.2 Å². The molecule has 0 saturated carbocycles. The van der Waals surface area contributed by atoms with Crippen LogP contribution in [-0.2, 0) is 14.3 Å². The van der Waals surface area contributed by atoms with E-state index in [0.717, 1.165) is 15.6 Å². The van der Waals surface area contributed by atoms with Crippen molar-refractivity contribution in [2.45, 2.75) is 25.8 Å². The van der Waals surface area contributed by atoms with Crippen LogP contribution < -0.4 is 4.74 Å². The molecule has 0 spiro atoms. The summed E-state index contributed by atoms with van der Waals surface area (Å²) in [4.78, 5) is 27.4. The van der Waals surface area contributed by atoms with E-state index in [0.29, 0.717) is 37.5 Å². The second-order valence-corrected chi connectivity index (χ2v) is 8.51. The Morgan fingerprint density at radius 2 is 1.87 bits per heavy atom. The topological polar surface area (TPSA) is 76.1 Å². The van der Waals surface area contributed by atoms with Crippen LogP contribution >= 0.6 is 22.6 Å². The number of amides is 1. The minimum absolute atomic E-state index is 0.0938. The molecule has 0 bridgehead atoms. The minimum Gasteiger partial charge on any atom is -0.507 e. The Bertz CT molecular complexity index is 970. The molecule has 2 aromatic carbocycles. The van der Waals surface area contributed by atoms with Crippen LogP contribution in [0.2, 0.25) is 0 Å². The molecule has 1 N–H and O–H groups in total. The Morgan fingerprint density at radius 1 is 1.13 bits per heavy atom. The predicted octanol–water partition coefficient (Wildman–Crippen LogP) is 4.54. The lowest BCUT2D eigenvalue weighted by Crippen LogP contribution is -2.31. The number of ketones is 1. The minimum atomic E-state index is -0.682. The fraction of sp³-hybridized carbons (Fsp3) is 0.333. The van der Waals surface area contributed by atoms with Crippen molar-refractivity contribution in [3.8, 4) is 5.75 Å². The fourth-order valence-electron chi connectivity index (χ4n) is 3.59. The molecular weight excluding hydrogens is 509 g/mol. The molecule has 1 aliphatic heterocycles. The number of likely N-dealkylation sites (tertiary alicyclic amines) is 1. The number of carbonyl (C=O) groups is 2. The maximum absolute atomic E-state index is 13.0. The van der Waals surface area contributed by atoms with Crippen LogP contribution in [0.1, 0.15) is 36.9 Å². The van der Waals surface area contributed by atoms with Gasteiger partial charge < -0.3 is 19.5 Å². The fourth-order valence-corrected chi connectivity index (χ4v) is 3.95. The largest absolute Gasteiger partial charge is 0.507 e. The second-order valence-electron chi connectivity index (χ2n) is 7.27. The predicted molar refractivity (Wildman–Crippen MR) is 127 cm³/mol. The zero-order valence-electron chi connectivity index (χ0n) is 17.6. The highest BCUT2D eigenvalue weighted by atomic mass is 127. The highest BCUT2D eigenvalue weighted by molar-refractivity contribution is 14.1. The Labute approximate surface area is 196 Å². The molecule has 1 aliphatic rings. The summed E-state index contributed by atoms with van der Waals surface area (Å²) >= 11 is 2.20. The Morgan fingerprint density at radius 3 is 2.55 bits per heavy atom. The molecule has 31 heavy (non-hydrogen) atoms. The SMILES string of the molecule is CCCOc1cccc(/C(O)=C2\C(=O)C(=O)N(CCCOC)C2c2ccc(I)cc2)c1. The summed E-state index contributed by atoms with van der Waals surface area (Å²) in [6, 6.07) is 13.9. The van der Waals surface area contributed by atoms with E-state index in [1.54, 1.807) is 31.4 Å². The summed E-state index contributed by atoms with van der Waals surface area (Å²) in [5, 5.41) is 11.1. The van der Waals surface area contributed by atoms with Crippen LogP contribution in [-0.4, -0.2) is 48.6 Å². The number of Topliss-reactive ketones (excluding diaryl/α,β-unsaturated/α-hetero) is 1. The number of carbonyl (C=O) groups excluding carboxylic acids is 2. The summed E-state index contributed by atoms with van der Waals surface area (Å²) in [6.07, 6.45) is 1.44. The number of aliphatic hydroxyl groups is 1. The van der Waals surface area contributed by atoms with Gasteiger partial charge in [-0.1, -0.05) is 31.2 Å². The van der Waals surface area contributed by atoms with Crippen molar-refractivity contribution < 1.29 is 24.2 Å². The third-order valence-electron chi connectivity index (χ3n) is 5.05. The number of benzene rings is 2. The normalized spacial score (nSPS) is 17.9. The molecule has 2 aromatic rings. The maximum Gasteiger partial charge on any atom is 0.295 e. The van der Waals surface area contributed by atoms with E-state index in [9.17, 15) is 14.7 Å². The second kappa shape index (κ2) is 10.8. The molecule has 164 valence electrons. The van der Waals surface area contributed by atoms with Gasteiger partial charge in [-0.15, -0.1) is 0 Å². The van der Waals surface area contributed by atoms with Gasteiger partial charge in [-0.2, -0.15) is 0 Å². The highest BCUT2D eigenvalue weighted by Gasteiger charge is 2.45. The first-order valence-electron chi connectivity index (χ1n) is 10.2. The van der Waals surface area contributed by atoms with Gasteiger partial charge in [0.15, 0.2) is 0 Å². The summed E-state index contributed by atoms with van der Waals surface area (Å²) in [6.45, 7) is 3.39. The Balaban J connectivity index is 2.07. The number of methoxy groups -OCH3 is 1. The molecule has 0 radical (unpaired) electrons. The number of nitrogens with zero attached hydrogens (tertiary/aromatic N) is 1. The van der Waals surface area contributed by atoms with E-state index in [2.05, 4.69) is 22.6 Å². The zero-order chi connectivity index (χ0) is 22.4. The average molecular weight is 535 g/mol. The first kappa shape index (κ1) is 23.3. The van der Waals surface area contributed by atoms with Crippen molar-refractivity contribution in [2.24, 2.45) is 0 Å². The van der Waals surface area contributed by atoms with Crippen LogP contribution in [0.4, 0.5) is 0 Å². The molecule has 1 unspecified atom stereocenters. The maximum atomic E-state index is 13.0. The van der Waals surface area contributed by atoms with Gasteiger partial charge in [0.1, 0.15) is 11.5 Å². The van der Waals surface area contributed by atoms with Crippen molar-refractivity contribution in [3.05, 3.63) is 68.8 Å². The summed E-state index contributed by atoms with van der Waals surface area (Å²) < 4.78 is 11.8. The average Bonchev–Trinajstić information content (AvgIpc) is 3.03. The number of hydrogen-bond acceptors (Lipinski definition) is 5. The van der Waals surface area contributed by atoms with Gasteiger partial charge in [-0.3, -0.25) is 9.59 Å². The molecule has 1 saturated heterocycles. The lowest BCUT2D eigenvalue weighted by Gasteiger charge is -2.25. The first-order chi connectivity index (χ1) is 15.0. The smallest absolute Gasteiger partial charge is 0.295 e. The molecule has 0 aromatic heterocycles. The van der Waals surface area contributed by atoms with E-state index in [-0.39, 0.29) is 11.3 Å². The molecule has 7 heteroatoms. The van der Waals surface area contributed by atoms with Crippen molar-refractivity contribution in [1.29, 1.82) is 0 Å². The Kier molecular flexibility index (Phi) is 8.09. The summed E-state index contributed by atoms with van der Waals surface area (Å²) in [5.74, 6) is -0.887. The van der Waals surface area contributed by atoms with Crippen molar-refractivity contribution in [2.75, 3.05) is 26.9 Å². The lowest BCUT2D eigenvalue weighted by molar-refractivity contribution is -0.140. The van der Waals surface area contributed by atoms with Crippen molar-refractivity contribution in [1.82, 2.24) is 4.90 Å². The lowest BCUT2D eigenvalue weighted by atomic mass is 9.95. The molecule has 1 fully saturated rings. The van der Waals surface area contributed by atoms with E-state index >= 15 is 0 Å². The third kappa shape index (κ3) is 5.27. The van der Waals surface area contributed by atoms with Crippen LogP contribution in [0.3, 0.4) is 0 Å². The van der Waals surface area contributed by atoms with E-state index in [1.165, 1.54) is 4.90 Å². The number of ether oxygens (including phenoxy) is 2. The van der Waals surface area contributed by atoms with Crippen LogP contribution in [0, 0.1) is 3.57 Å². The first-order valence-corrected chi connectivity index (χ1v) is 11.3. The van der Waals surface area contributed by atoms with Crippen molar-refractivity contribution >= 4 is 40.0 Å². The Hall–Kier alpha value is -2.39. The standard InChI is InChI=1S/C24H26INO5/c1-3-13-31-19-7-4-6-17(15-19)22(27)20-21(16-8-10-18(25)11-9-16)26(12-5-14-30-2)24(29)23(20)28/h4,6-11,15,21,27H,3,5,12-14H2,1-2H3/b22-20+. The van der Waals surface area contributed by atoms with Gasteiger partial charge in [0.2, 0.25) is 0 Å². The molecule has 1 amide bonds. The molecule has 1 atom stereocenters. The van der Waals surface area contributed by atoms with E-state index < -0.39 is 17.7 Å². The monoisotopic (exact) mass is 535 g/mol. The summed E-state index contributed by atoms with van der Waals surface area (Å²) in [7, 11) is 1.60. The van der Waals surface area contributed by atoms with Gasteiger partial charge in [-0.25, -0.2) is 0 Å².